The van der Waals surface area contributed by atoms with Gasteiger partial charge in [0.1, 0.15) is 24.2 Å². The van der Waals surface area contributed by atoms with Crippen molar-refractivity contribution in [2.45, 2.75) is 58.4 Å². The minimum atomic E-state index is -1.37. The second-order valence-corrected chi connectivity index (χ2v) is 8.66. The van der Waals surface area contributed by atoms with Crippen LogP contribution in [0, 0.1) is 11.8 Å². The molecule has 0 N–H and O–H groups in total. The van der Waals surface area contributed by atoms with E-state index in [4.69, 9.17) is 33.2 Å². The van der Waals surface area contributed by atoms with Crippen LogP contribution in [0.5, 0.6) is 11.5 Å². The molecule has 2 aromatic rings. The third kappa shape index (κ3) is 8.47. The van der Waals surface area contributed by atoms with Gasteiger partial charge in [0.05, 0.1) is 12.7 Å². The smallest absolute Gasteiger partial charge is 0.303 e. The molecule has 40 heavy (non-hydrogen) atoms. The monoisotopic (exact) mass is 554 g/mol. The van der Waals surface area contributed by atoms with Crippen LogP contribution in [0.3, 0.4) is 0 Å². The average molecular weight is 555 g/mol. The molecule has 2 aromatic carbocycles. The van der Waals surface area contributed by atoms with Crippen LogP contribution < -0.4 is 9.47 Å². The Morgan fingerprint density at radius 1 is 0.750 bits per heavy atom. The van der Waals surface area contributed by atoms with Crippen molar-refractivity contribution in [3.63, 3.8) is 0 Å². The number of hydrogen-bond acceptors (Lipinski definition) is 11. The number of hydrogen-bond donors (Lipinski definition) is 0. The molecule has 1 saturated heterocycles. The Balaban J connectivity index is 1.99. The van der Waals surface area contributed by atoms with E-state index in [1.54, 1.807) is 55.6 Å². The van der Waals surface area contributed by atoms with Crippen molar-refractivity contribution < 1.29 is 52.3 Å². The van der Waals surface area contributed by atoms with Crippen molar-refractivity contribution in [2.24, 2.45) is 0 Å². The van der Waals surface area contributed by atoms with Crippen molar-refractivity contribution in [1.29, 1.82) is 0 Å². The Hall–Kier alpha value is -4.56. The third-order valence-electron chi connectivity index (χ3n) is 5.51. The number of carbonyl (C=O) groups excluding carboxylic acids is 4. The molecule has 1 aliphatic heterocycles. The molecule has 0 radical (unpaired) electrons. The third-order valence-corrected chi connectivity index (χ3v) is 5.51. The zero-order chi connectivity index (χ0) is 29.2. The van der Waals surface area contributed by atoms with Gasteiger partial charge in [-0.2, -0.15) is 0 Å². The number of benzene rings is 2. The summed E-state index contributed by atoms with van der Waals surface area (Å²) in [7, 11) is 1.57. The molecule has 1 heterocycles. The van der Waals surface area contributed by atoms with Gasteiger partial charge in [-0.15, -0.1) is 0 Å². The summed E-state index contributed by atoms with van der Waals surface area (Å²) in [6.07, 6.45) is -6.49. The zero-order valence-corrected chi connectivity index (χ0v) is 22.7. The largest absolute Gasteiger partial charge is 0.497 e. The van der Waals surface area contributed by atoms with Gasteiger partial charge in [-0.25, -0.2) is 0 Å². The molecule has 11 nitrogen and oxygen atoms in total. The molecule has 212 valence electrons. The molecule has 0 aliphatic carbocycles. The quantitative estimate of drug-likeness (QED) is 0.271. The van der Waals surface area contributed by atoms with Crippen LogP contribution in [0.2, 0.25) is 0 Å². The Morgan fingerprint density at radius 2 is 1.35 bits per heavy atom. The fourth-order valence-electron chi connectivity index (χ4n) is 3.90. The Kier molecular flexibility index (Phi) is 10.5. The molecule has 0 spiro atoms. The first-order chi connectivity index (χ1) is 19.1. The van der Waals surface area contributed by atoms with Crippen molar-refractivity contribution in [1.82, 2.24) is 0 Å². The highest BCUT2D eigenvalue weighted by atomic mass is 16.7. The molecule has 1 fully saturated rings. The van der Waals surface area contributed by atoms with Crippen LogP contribution in [0.1, 0.15) is 38.8 Å². The highest BCUT2D eigenvalue weighted by Gasteiger charge is 2.53. The summed E-state index contributed by atoms with van der Waals surface area (Å²) in [6, 6.07) is 14.0. The molecule has 3 rings (SSSR count). The van der Waals surface area contributed by atoms with Gasteiger partial charge in [0.2, 0.25) is 12.4 Å². The van der Waals surface area contributed by atoms with E-state index < -0.39 is 54.6 Å². The van der Waals surface area contributed by atoms with Crippen LogP contribution >= 0.6 is 0 Å². The van der Waals surface area contributed by atoms with Gasteiger partial charge in [-0.1, -0.05) is 24.0 Å². The SMILES string of the molecule is COc1ccc(C#Cc2ccccc2O[C@@H]2O[C@H](COC(C)=O)[C@@H](OC(C)=O)[C@H](OC(C)=O)[C@H]2OC(C)=O)cc1. The van der Waals surface area contributed by atoms with Crippen LogP contribution in [0.4, 0.5) is 0 Å². The van der Waals surface area contributed by atoms with Crippen LogP contribution in [-0.2, 0) is 42.9 Å². The van der Waals surface area contributed by atoms with E-state index >= 15 is 0 Å². The highest BCUT2D eigenvalue weighted by molar-refractivity contribution is 5.68. The van der Waals surface area contributed by atoms with E-state index in [1.807, 2.05) is 0 Å². The van der Waals surface area contributed by atoms with Crippen molar-refractivity contribution in [3.05, 3.63) is 59.7 Å². The standard InChI is InChI=1S/C29H30O11/c1-17(30)35-16-25-26(36-18(2)31)27(37-19(3)32)28(38-20(4)33)29(40-25)39-24-9-7-6-8-22(24)13-10-21-11-14-23(34-5)15-12-21/h6-9,11-12,14-15,25-29H,16H2,1-5H3/t25-,26-,27+,28-,29-/m1/s1. The van der Waals surface area contributed by atoms with E-state index in [9.17, 15) is 19.2 Å². The maximum absolute atomic E-state index is 12.1. The summed E-state index contributed by atoms with van der Waals surface area (Å²) < 4.78 is 38.7. The lowest BCUT2D eigenvalue weighted by molar-refractivity contribution is -0.288. The van der Waals surface area contributed by atoms with Crippen LogP contribution in [-0.4, -0.2) is 68.3 Å². The normalized spacial score (nSPS) is 21.6. The molecule has 0 saturated carbocycles. The number of methoxy groups -OCH3 is 1. The number of ether oxygens (including phenoxy) is 7. The summed E-state index contributed by atoms with van der Waals surface area (Å²) in [5.74, 6) is 4.23. The Bertz CT molecular complexity index is 1270. The second kappa shape index (κ2) is 14.0. The van der Waals surface area contributed by atoms with E-state index in [0.29, 0.717) is 11.3 Å². The molecule has 11 heteroatoms. The molecule has 0 aromatic heterocycles. The van der Waals surface area contributed by atoms with Gasteiger partial charge in [0.15, 0.2) is 12.2 Å². The van der Waals surface area contributed by atoms with Gasteiger partial charge in [0.25, 0.3) is 0 Å². The second-order valence-electron chi connectivity index (χ2n) is 8.66. The minimum Gasteiger partial charge on any atom is -0.497 e. The lowest BCUT2D eigenvalue weighted by atomic mass is 9.98. The lowest BCUT2D eigenvalue weighted by Gasteiger charge is -2.44. The van der Waals surface area contributed by atoms with Crippen molar-refractivity contribution in [3.8, 4) is 23.3 Å². The van der Waals surface area contributed by atoms with Crippen LogP contribution in [0.25, 0.3) is 0 Å². The molecular weight excluding hydrogens is 524 g/mol. The summed E-state index contributed by atoms with van der Waals surface area (Å²) in [5.41, 5.74) is 1.20. The first-order valence-electron chi connectivity index (χ1n) is 12.3. The van der Waals surface area contributed by atoms with E-state index in [2.05, 4.69) is 11.8 Å². The van der Waals surface area contributed by atoms with Gasteiger partial charge in [-0.3, -0.25) is 19.2 Å². The van der Waals surface area contributed by atoms with Gasteiger partial charge in [-0.05, 0) is 36.4 Å². The van der Waals surface area contributed by atoms with Gasteiger partial charge in [0, 0.05) is 33.3 Å². The van der Waals surface area contributed by atoms with Crippen LogP contribution in [0.15, 0.2) is 48.5 Å². The average Bonchev–Trinajstić information content (AvgIpc) is 2.90. The Labute approximate surface area is 231 Å². The number of esters is 4. The van der Waals surface area contributed by atoms with Crippen molar-refractivity contribution in [2.75, 3.05) is 13.7 Å². The first kappa shape index (κ1) is 30.0. The summed E-state index contributed by atoms with van der Waals surface area (Å²) in [5, 5.41) is 0. The van der Waals surface area contributed by atoms with Crippen molar-refractivity contribution >= 4 is 23.9 Å². The molecular formula is C29H30O11. The van der Waals surface area contributed by atoms with Gasteiger partial charge >= 0.3 is 23.9 Å². The fourth-order valence-corrected chi connectivity index (χ4v) is 3.90. The molecule has 0 unspecified atom stereocenters. The number of rotatable bonds is 8. The maximum Gasteiger partial charge on any atom is 0.303 e. The fraction of sp³-hybridized carbons (Fsp3) is 0.379. The van der Waals surface area contributed by atoms with Gasteiger partial charge < -0.3 is 33.2 Å². The minimum absolute atomic E-state index is 0.268. The highest BCUT2D eigenvalue weighted by Crippen LogP contribution is 2.32. The maximum atomic E-state index is 12.1. The Morgan fingerprint density at radius 3 is 1.95 bits per heavy atom. The predicted molar refractivity (Wildman–Crippen MR) is 138 cm³/mol. The number of carbonyl (C=O) groups is 4. The van der Waals surface area contributed by atoms with E-state index in [-0.39, 0.29) is 12.4 Å². The summed E-state index contributed by atoms with van der Waals surface area (Å²) in [4.78, 5) is 47.5. The predicted octanol–water partition coefficient (Wildman–Crippen LogP) is 2.56. The van der Waals surface area contributed by atoms with E-state index in [0.717, 1.165) is 26.3 Å². The number of para-hydroxylation sites is 1. The molecule has 0 amide bonds. The summed E-state index contributed by atoms with van der Waals surface area (Å²) >= 11 is 0. The topological polar surface area (TPSA) is 133 Å². The zero-order valence-electron chi connectivity index (χ0n) is 22.7. The lowest BCUT2D eigenvalue weighted by Crippen LogP contribution is -2.63. The molecule has 0 bridgehead atoms. The molecule has 1 aliphatic rings. The summed E-state index contributed by atoms with van der Waals surface area (Å²) in [6.45, 7) is 4.28. The van der Waals surface area contributed by atoms with E-state index in [1.165, 1.54) is 6.92 Å². The first-order valence-corrected chi connectivity index (χ1v) is 12.3. The molecule has 5 atom stereocenters.